The van der Waals surface area contributed by atoms with Gasteiger partial charge in [-0.1, -0.05) is 49.7 Å². The lowest BCUT2D eigenvalue weighted by Crippen LogP contribution is -2.47. The molecule has 164 valence electrons. The number of urea groups is 1. The fourth-order valence-electron chi connectivity index (χ4n) is 3.32. The highest BCUT2D eigenvalue weighted by Crippen LogP contribution is 2.30. The van der Waals surface area contributed by atoms with Gasteiger partial charge in [0, 0.05) is 10.7 Å². The van der Waals surface area contributed by atoms with Crippen LogP contribution in [0.25, 0.3) is 0 Å². The van der Waals surface area contributed by atoms with E-state index in [-0.39, 0.29) is 22.1 Å². The number of amides is 2. The van der Waals surface area contributed by atoms with E-state index in [1.165, 1.54) is 19.2 Å². The number of methoxy groups -OCH3 is 1. The molecule has 0 saturated heterocycles. The van der Waals surface area contributed by atoms with Crippen LogP contribution in [0.1, 0.15) is 36.9 Å². The summed E-state index contributed by atoms with van der Waals surface area (Å²) in [4.78, 5) is 25.0. The van der Waals surface area contributed by atoms with Crippen LogP contribution in [-0.4, -0.2) is 33.3 Å². The number of carbonyl (C=O) groups is 2. The Morgan fingerprint density at radius 3 is 2.26 bits per heavy atom. The second-order valence-electron chi connectivity index (χ2n) is 7.45. The molecule has 7 nitrogen and oxygen atoms in total. The molecule has 31 heavy (non-hydrogen) atoms. The molecule has 2 aromatic rings. The van der Waals surface area contributed by atoms with Gasteiger partial charge in [-0.3, -0.25) is 0 Å². The third-order valence-corrected chi connectivity index (χ3v) is 6.91. The number of halogens is 1. The Balaban J connectivity index is 2.04. The Morgan fingerprint density at radius 1 is 1.10 bits per heavy atom. The summed E-state index contributed by atoms with van der Waals surface area (Å²) in [6.07, 6.45) is 0. The molecular weight excluding hydrogens is 440 g/mol. The molecule has 0 saturated carbocycles. The van der Waals surface area contributed by atoms with E-state index in [0.29, 0.717) is 10.6 Å². The van der Waals surface area contributed by atoms with Gasteiger partial charge in [0.15, 0.2) is 9.84 Å². The molecule has 0 radical (unpaired) electrons. The molecule has 1 heterocycles. The summed E-state index contributed by atoms with van der Waals surface area (Å²) in [5, 5.41) is 5.60. The normalized spacial score (nSPS) is 16.7. The standard InChI is InChI=1S/C22H23ClN2O5S/c1-13(2)14-6-10-17(11-7-14)31(28,29)12-18-19(21(26)30-3)20(25-22(27)24-18)15-4-8-16(23)9-5-15/h4-11,13,20H,12H2,1-3H3,(H2,24,25,27)/t20-/m1/s1. The highest BCUT2D eigenvalue weighted by Gasteiger charge is 2.35. The van der Waals surface area contributed by atoms with Gasteiger partial charge in [-0.25, -0.2) is 18.0 Å². The van der Waals surface area contributed by atoms with Gasteiger partial charge < -0.3 is 15.4 Å². The van der Waals surface area contributed by atoms with Gasteiger partial charge in [0.25, 0.3) is 0 Å². The van der Waals surface area contributed by atoms with Crippen LogP contribution in [0.3, 0.4) is 0 Å². The van der Waals surface area contributed by atoms with E-state index in [1.807, 2.05) is 13.8 Å². The predicted octanol–water partition coefficient (Wildman–Crippen LogP) is 3.72. The van der Waals surface area contributed by atoms with Crippen molar-refractivity contribution in [3.05, 3.63) is 76.0 Å². The highest BCUT2D eigenvalue weighted by atomic mass is 35.5. The number of benzene rings is 2. The lowest BCUT2D eigenvalue weighted by molar-refractivity contribution is -0.136. The number of nitrogens with one attached hydrogen (secondary N) is 2. The van der Waals surface area contributed by atoms with Crippen LogP contribution in [-0.2, 0) is 19.4 Å². The zero-order valence-electron chi connectivity index (χ0n) is 17.3. The van der Waals surface area contributed by atoms with E-state index in [0.717, 1.165) is 5.56 Å². The average Bonchev–Trinajstić information content (AvgIpc) is 2.73. The van der Waals surface area contributed by atoms with Crippen LogP contribution in [0.4, 0.5) is 4.79 Å². The molecule has 0 aromatic heterocycles. The maximum atomic E-state index is 13.1. The summed E-state index contributed by atoms with van der Waals surface area (Å²) < 4.78 is 31.0. The van der Waals surface area contributed by atoms with E-state index in [9.17, 15) is 18.0 Å². The van der Waals surface area contributed by atoms with E-state index >= 15 is 0 Å². The molecular formula is C22H23ClN2O5S. The van der Waals surface area contributed by atoms with Gasteiger partial charge in [-0.05, 0) is 41.3 Å². The summed E-state index contributed by atoms with van der Waals surface area (Å²) in [5.41, 5.74) is 1.57. The monoisotopic (exact) mass is 462 g/mol. The van der Waals surface area contributed by atoms with E-state index in [4.69, 9.17) is 16.3 Å². The SMILES string of the molecule is COC(=O)C1=C(CS(=O)(=O)c2ccc(C(C)C)cc2)NC(=O)N[C@@H]1c1ccc(Cl)cc1. The molecule has 2 aromatic carbocycles. The molecule has 0 aliphatic carbocycles. The van der Waals surface area contributed by atoms with Crippen LogP contribution in [0.2, 0.25) is 5.02 Å². The maximum Gasteiger partial charge on any atom is 0.338 e. The zero-order chi connectivity index (χ0) is 22.8. The molecule has 0 fully saturated rings. The predicted molar refractivity (Wildman–Crippen MR) is 117 cm³/mol. The average molecular weight is 463 g/mol. The summed E-state index contributed by atoms with van der Waals surface area (Å²) in [6.45, 7) is 4.02. The molecule has 0 unspecified atom stereocenters. The molecule has 3 rings (SSSR count). The molecule has 2 amide bonds. The number of esters is 1. The van der Waals surface area contributed by atoms with Crippen LogP contribution in [0.15, 0.2) is 64.7 Å². The molecule has 2 N–H and O–H groups in total. The fraction of sp³-hybridized carbons (Fsp3) is 0.273. The van der Waals surface area contributed by atoms with Gasteiger partial charge >= 0.3 is 12.0 Å². The first-order valence-corrected chi connectivity index (χ1v) is 11.6. The van der Waals surface area contributed by atoms with Crippen LogP contribution in [0.5, 0.6) is 0 Å². The quantitative estimate of drug-likeness (QED) is 0.637. The van der Waals surface area contributed by atoms with E-state index < -0.39 is 33.6 Å². The Kier molecular flexibility index (Phi) is 6.71. The minimum absolute atomic E-state index is 0.0202. The number of hydrogen-bond acceptors (Lipinski definition) is 5. The highest BCUT2D eigenvalue weighted by molar-refractivity contribution is 7.91. The number of ether oxygens (including phenoxy) is 1. The molecule has 0 spiro atoms. The molecule has 1 aliphatic heterocycles. The van der Waals surface area contributed by atoms with Crippen molar-refractivity contribution < 1.29 is 22.7 Å². The van der Waals surface area contributed by atoms with Crippen molar-refractivity contribution >= 4 is 33.4 Å². The van der Waals surface area contributed by atoms with Gasteiger partial charge in [0.1, 0.15) is 0 Å². The third-order valence-electron chi connectivity index (χ3n) is 5.00. The molecule has 1 atom stereocenters. The summed E-state index contributed by atoms with van der Waals surface area (Å²) in [5.74, 6) is -1.04. The third kappa shape index (κ3) is 5.08. The van der Waals surface area contributed by atoms with Crippen molar-refractivity contribution in [2.75, 3.05) is 12.9 Å². The Labute approximate surface area is 186 Å². The van der Waals surface area contributed by atoms with Crippen molar-refractivity contribution in [3.8, 4) is 0 Å². The molecule has 9 heteroatoms. The van der Waals surface area contributed by atoms with Crippen molar-refractivity contribution in [1.29, 1.82) is 0 Å². The number of sulfone groups is 1. The first-order valence-electron chi connectivity index (χ1n) is 9.59. The number of carbonyl (C=O) groups excluding carboxylic acids is 2. The zero-order valence-corrected chi connectivity index (χ0v) is 18.9. The minimum atomic E-state index is -3.84. The van der Waals surface area contributed by atoms with Crippen molar-refractivity contribution in [2.24, 2.45) is 0 Å². The molecule has 0 bridgehead atoms. The number of rotatable bonds is 6. The summed E-state index contributed by atoms with van der Waals surface area (Å²) in [6, 6.07) is 11.6. The number of hydrogen-bond donors (Lipinski definition) is 2. The van der Waals surface area contributed by atoms with Gasteiger partial charge in [-0.2, -0.15) is 0 Å². The lowest BCUT2D eigenvalue weighted by atomic mass is 9.95. The first kappa shape index (κ1) is 22.8. The topological polar surface area (TPSA) is 102 Å². The van der Waals surface area contributed by atoms with Crippen molar-refractivity contribution in [2.45, 2.75) is 30.7 Å². The van der Waals surface area contributed by atoms with Crippen molar-refractivity contribution in [3.63, 3.8) is 0 Å². The minimum Gasteiger partial charge on any atom is -0.466 e. The summed E-state index contributed by atoms with van der Waals surface area (Å²) in [7, 11) is -2.65. The van der Waals surface area contributed by atoms with E-state index in [2.05, 4.69) is 10.6 Å². The van der Waals surface area contributed by atoms with Gasteiger partial charge in [0.2, 0.25) is 0 Å². The lowest BCUT2D eigenvalue weighted by Gasteiger charge is -2.29. The Bertz CT molecular complexity index is 1120. The maximum absolute atomic E-state index is 13.1. The van der Waals surface area contributed by atoms with Crippen molar-refractivity contribution in [1.82, 2.24) is 10.6 Å². The largest absolute Gasteiger partial charge is 0.466 e. The van der Waals surface area contributed by atoms with Gasteiger partial charge in [0.05, 0.1) is 29.4 Å². The Hall–Kier alpha value is -2.84. The van der Waals surface area contributed by atoms with E-state index in [1.54, 1.807) is 36.4 Å². The molecule has 1 aliphatic rings. The summed E-state index contributed by atoms with van der Waals surface area (Å²) >= 11 is 5.94. The van der Waals surface area contributed by atoms with Crippen LogP contribution in [0, 0.1) is 0 Å². The smallest absolute Gasteiger partial charge is 0.338 e. The first-order chi connectivity index (χ1) is 14.6. The second-order valence-corrected chi connectivity index (χ2v) is 9.88. The second kappa shape index (κ2) is 9.11. The van der Waals surface area contributed by atoms with Crippen LogP contribution < -0.4 is 10.6 Å². The van der Waals surface area contributed by atoms with Gasteiger partial charge in [-0.15, -0.1) is 0 Å². The fourth-order valence-corrected chi connectivity index (χ4v) is 4.77. The Morgan fingerprint density at radius 2 is 1.71 bits per heavy atom. The van der Waals surface area contributed by atoms with Crippen LogP contribution >= 0.6 is 11.6 Å².